The summed E-state index contributed by atoms with van der Waals surface area (Å²) >= 11 is 0. The van der Waals surface area contributed by atoms with Crippen molar-refractivity contribution < 1.29 is 27.8 Å². The highest BCUT2D eigenvalue weighted by atomic mass is 32.2. The van der Waals surface area contributed by atoms with E-state index >= 15 is 0 Å². The van der Waals surface area contributed by atoms with E-state index in [1.54, 1.807) is 12.1 Å². The zero-order chi connectivity index (χ0) is 21.6. The van der Waals surface area contributed by atoms with Gasteiger partial charge in [0.15, 0.2) is 9.84 Å². The molecule has 1 N–H and O–H groups in total. The van der Waals surface area contributed by atoms with Crippen molar-refractivity contribution in [3.63, 3.8) is 0 Å². The van der Waals surface area contributed by atoms with Crippen LogP contribution >= 0.6 is 0 Å². The van der Waals surface area contributed by atoms with Crippen LogP contribution in [0, 0.1) is 0 Å². The quantitative estimate of drug-likeness (QED) is 0.602. The van der Waals surface area contributed by atoms with E-state index in [1.807, 2.05) is 24.3 Å². The minimum Gasteiger partial charge on any atom is -0.494 e. The Balaban J connectivity index is 1.60. The van der Waals surface area contributed by atoms with Gasteiger partial charge in [-0.15, -0.1) is 0 Å². The maximum absolute atomic E-state index is 12.4. The second kappa shape index (κ2) is 9.80. The molecular weight excluding hydrogens is 404 g/mol. The van der Waals surface area contributed by atoms with Gasteiger partial charge in [0.2, 0.25) is 0 Å². The Hall–Kier alpha value is -2.80. The molecular formula is C23H26O6S. The normalized spacial score (nSPS) is 14.9. The molecule has 1 aliphatic rings. The zero-order valence-electron chi connectivity index (χ0n) is 17.0. The van der Waals surface area contributed by atoms with E-state index in [9.17, 15) is 18.3 Å². The Morgan fingerprint density at radius 2 is 1.73 bits per heavy atom. The molecule has 0 unspecified atom stereocenters. The van der Waals surface area contributed by atoms with E-state index in [4.69, 9.17) is 9.47 Å². The third-order valence-corrected chi connectivity index (χ3v) is 6.62. The van der Waals surface area contributed by atoms with E-state index in [0.29, 0.717) is 24.5 Å². The van der Waals surface area contributed by atoms with Crippen LogP contribution in [0.15, 0.2) is 52.9 Å². The first kappa shape index (κ1) is 21.9. The maximum atomic E-state index is 12.4. The summed E-state index contributed by atoms with van der Waals surface area (Å²) in [4.78, 5) is 11.5. The molecule has 0 amide bonds. The summed E-state index contributed by atoms with van der Waals surface area (Å²) in [5.41, 5.74) is 1.63. The molecule has 0 radical (unpaired) electrons. The SMILES string of the molecule is CCCOc1ccc(CCCOc2ccc3c(c2)C=C(C(=O)O)CCS3(=O)=O)cc1. The Labute approximate surface area is 177 Å². The second-order valence-electron chi connectivity index (χ2n) is 7.19. The number of sulfone groups is 1. The van der Waals surface area contributed by atoms with Crippen molar-refractivity contribution in [1.82, 2.24) is 0 Å². The van der Waals surface area contributed by atoms with Gasteiger partial charge in [-0.25, -0.2) is 13.2 Å². The van der Waals surface area contributed by atoms with Gasteiger partial charge >= 0.3 is 5.97 Å². The number of rotatable bonds is 9. The lowest BCUT2D eigenvalue weighted by atomic mass is 10.1. The van der Waals surface area contributed by atoms with Gasteiger partial charge in [0, 0.05) is 5.57 Å². The van der Waals surface area contributed by atoms with Crippen LogP contribution in [0.3, 0.4) is 0 Å². The molecule has 0 atom stereocenters. The van der Waals surface area contributed by atoms with Crippen molar-refractivity contribution in [2.24, 2.45) is 0 Å². The topological polar surface area (TPSA) is 89.9 Å². The molecule has 0 spiro atoms. The van der Waals surface area contributed by atoms with Crippen molar-refractivity contribution in [3.05, 3.63) is 59.2 Å². The number of carbonyl (C=O) groups is 1. The number of aliphatic carboxylic acids is 1. The standard InChI is InChI=1S/C23H26O6S/c1-2-12-28-20-7-5-17(6-8-20)4-3-13-29-21-9-10-22-19(16-21)15-18(23(24)25)11-14-30(22,26)27/h5-10,15-16H,2-4,11-14H2,1H3,(H,24,25). The molecule has 3 rings (SSSR count). The molecule has 1 aliphatic heterocycles. The highest BCUT2D eigenvalue weighted by Gasteiger charge is 2.24. The van der Waals surface area contributed by atoms with Crippen LogP contribution in [0.1, 0.15) is 37.3 Å². The average Bonchev–Trinajstić information content (AvgIpc) is 2.86. The van der Waals surface area contributed by atoms with Crippen molar-refractivity contribution >= 4 is 21.9 Å². The molecule has 2 aromatic rings. The van der Waals surface area contributed by atoms with Gasteiger partial charge in [-0.1, -0.05) is 19.1 Å². The van der Waals surface area contributed by atoms with Gasteiger partial charge in [-0.2, -0.15) is 0 Å². The number of aryl methyl sites for hydroxylation is 1. The first-order chi connectivity index (χ1) is 14.4. The average molecular weight is 431 g/mol. The summed E-state index contributed by atoms with van der Waals surface area (Å²) in [7, 11) is -3.51. The van der Waals surface area contributed by atoms with Crippen LogP contribution in [0.4, 0.5) is 0 Å². The second-order valence-corrected chi connectivity index (χ2v) is 9.27. The zero-order valence-corrected chi connectivity index (χ0v) is 17.8. The fourth-order valence-electron chi connectivity index (χ4n) is 3.23. The molecule has 0 bridgehead atoms. The van der Waals surface area contributed by atoms with E-state index in [0.717, 1.165) is 25.0 Å². The van der Waals surface area contributed by atoms with Gasteiger partial charge in [-0.3, -0.25) is 0 Å². The predicted octanol–water partition coefficient (Wildman–Crippen LogP) is 4.13. The van der Waals surface area contributed by atoms with Crippen LogP contribution in [-0.4, -0.2) is 38.5 Å². The van der Waals surface area contributed by atoms with Crippen LogP contribution in [-0.2, 0) is 21.1 Å². The number of carboxylic acids is 1. The fourth-order valence-corrected chi connectivity index (χ4v) is 4.69. The van der Waals surface area contributed by atoms with Crippen LogP contribution < -0.4 is 9.47 Å². The van der Waals surface area contributed by atoms with E-state index in [2.05, 4.69) is 6.92 Å². The van der Waals surface area contributed by atoms with Crippen molar-refractivity contribution in [1.29, 1.82) is 0 Å². The monoisotopic (exact) mass is 430 g/mol. The number of carboxylic acid groups (broad SMARTS) is 1. The maximum Gasteiger partial charge on any atom is 0.331 e. The van der Waals surface area contributed by atoms with Crippen molar-refractivity contribution in [2.45, 2.75) is 37.5 Å². The molecule has 30 heavy (non-hydrogen) atoms. The largest absolute Gasteiger partial charge is 0.494 e. The Morgan fingerprint density at radius 1 is 1.03 bits per heavy atom. The summed E-state index contributed by atoms with van der Waals surface area (Å²) < 4.78 is 36.1. The van der Waals surface area contributed by atoms with Gasteiger partial charge in [0.1, 0.15) is 11.5 Å². The van der Waals surface area contributed by atoms with Crippen LogP contribution in [0.25, 0.3) is 6.08 Å². The third kappa shape index (κ3) is 5.63. The summed E-state index contributed by atoms with van der Waals surface area (Å²) in [6.07, 6.45) is 4.03. The number of fused-ring (bicyclic) bond motifs is 1. The third-order valence-electron chi connectivity index (χ3n) is 4.84. The molecule has 2 aromatic carbocycles. The van der Waals surface area contributed by atoms with Gasteiger partial charge in [-0.05, 0) is 73.2 Å². The summed E-state index contributed by atoms with van der Waals surface area (Å²) in [5.74, 6) is 0.0804. The summed E-state index contributed by atoms with van der Waals surface area (Å²) in [5, 5.41) is 9.27. The van der Waals surface area contributed by atoms with Crippen LogP contribution in [0.5, 0.6) is 11.5 Å². The number of ether oxygens (including phenoxy) is 2. The summed E-state index contributed by atoms with van der Waals surface area (Å²) in [6, 6.07) is 12.7. The minimum atomic E-state index is -3.51. The molecule has 1 heterocycles. The highest BCUT2D eigenvalue weighted by molar-refractivity contribution is 7.91. The number of hydrogen-bond acceptors (Lipinski definition) is 5. The lowest BCUT2D eigenvalue weighted by molar-refractivity contribution is -0.132. The Bertz CT molecular complexity index is 1020. The molecule has 0 fully saturated rings. The number of benzene rings is 2. The van der Waals surface area contributed by atoms with Gasteiger partial charge < -0.3 is 14.6 Å². The smallest absolute Gasteiger partial charge is 0.331 e. The first-order valence-corrected chi connectivity index (χ1v) is 11.7. The highest BCUT2D eigenvalue weighted by Crippen LogP contribution is 2.29. The van der Waals surface area contributed by atoms with Crippen LogP contribution in [0.2, 0.25) is 0 Å². The molecule has 0 saturated heterocycles. The summed E-state index contributed by atoms with van der Waals surface area (Å²) in [6.45, 7) is 3.24. The Kier molecular flexibility index (Phi) is 7.15. The molecule has 6 nitrogen and oxygen atoms in total. The Morgan fingerprint density at radius 3 is 2.43 bits per heavy atom. The van der Waals surface area contributed by atoms with E-state index in [-0.39, 0.29) is 22.6 Å². The van der Waals surface area contributed by atoms with Gasteiger partial charge in [0.05, 0.1) is 23.9 Å². The first-order valence-electron chi connectivity index (χ1n) is 10.0. The molecule has 0 saturated carbocycles. The van der Waals surface area contributed by atoms with Crippen molar-refractivity contribution in [3.8, 4) is 11.5 Å². The molecule has 0 aliphatic carbocycles. The van der Waals surface area contributed by atoms with E-state index < -0.39 is 15.8 Å². The predicted molar refractivity (Wildman–Crippen MR) is 115 cm³/mol. The molecule has 7 heteroatoms. The molecule has 160 valence electrons. The fraction of sp³-hybridized carbons (Fsp3) is 0.348. The van der Waals surface area contributed by atoms with E-state index in [1.165, 1.54) is 17.7 Å². The van der Waals surface area contributed by atoms with Crippen molar-refractivity contribution in [2.75, 3.05) is 19.0 Å². The number of hydrogen-bond donors (Lipinski definition) is 1. The molecule has 0 aromatic heterocycles. The lowest BCUT2D eigenvalue weighted by Crippen LogP contribution is -2.09. The van der Waals surface area contributed by atoms with Gasteiger partial charge in [0.25, 0.3) is 0 Å². The minimum absolute atomic E-state index is 0.00912. The lowest BCUT2D eigenvalue weighted by Gasteiger charge is -2.10.